The Labute approximate surface area is 184 Å². The summed E-state index contributed by atoms with van der Waals surface area (Å²) in [5.41, 5.74) is 6.04. The molecule has 0 unspecified atom stereocenters. The summed E-state index contributed by atoms with van der Waals surface area (Å²) in [6, 6.07) is 1.75. The monoisotopic (exact) mass is 468 g/mol. The third-order valence-electron chi connectivity index (χ3n) is 5.54. The predicted octanol–water partition coefficient (Wildman–Crippen LogP) is 2.30. The summed E-state index contributed by atoms with van der Waals surface area (Å²) >= 11 is 0. The average Bonchev–Trinajstić information content (AvgIpc) is 3.16. The lowest BCUT2D eigenvalue weighted by atomic mass is 10.0. The van der Waals surface area contributed by atoms with Crippen LogP contribution in [-0.4, -0.2) is 63.9 Å². The number of aromatic nitrogens is 4. The van der Waals surface area contributed by atoms with E-state index >= 15 is 0 Å². The number of nitrogen functional groups attached to an aromatic ring is 1. The molecule has 2 heterocycles. The zero-order valence-electron chi connectivity index (χ0n) is 18.3. The molecule has 1 aromatic carbocycles. The van der Waals surface area contributed by atoms with Crippen LogP contribution in [0, 0.1) is 11.6 Å². The first kappa shape index (κ1) is 23.8. The van der Waals surface area contributed by atoms with Gasteiger partial charge in [-0.3, -0.25) is 4.79 Å². The number of hydrogen-bond acceptors (Lipinski definition) is 7. The number of nitrogens with two attached hydrogens (primary N) is 1. The summed E-state index contributed by atoms with van der Waals surface area (Å²) in [6.07, 6.45) is 2.28. The molecule has 0 radical (unpaired) electrons. The molecule has 0 bridgehead atoms. The van der Waals surface area contributed by atoms with E-state index in [1.54, 1.807) is 7.05 Å². The summed E-state index contributed by atoms with van der Waals surface area (Å²) < 4.78 is 51.7. The molecule has 12 heteroatoms. The molecule has 0 fully saturated rings. The Balaban J connectivity index is 1.74. The number of carbonyl (C=O) groups is 1. The summed E-state index contributed by atoms with van der Waals surface area (Å²) in [5, 5.41) is 4.54. The van der Waals surface area contributed by atoms with Gasteiger partial charge in [-0.05, 0) is 25.8 Å². The Hall–Kier alpha value is -2.89. The number of anilines is 1. The summed E-state index contributed by atoms with van der Waals surface area (Å²) in [7, 11) is -1.56. The fraction of sp³-hybridized carbons (Fsp3) is 0.500. The van der Waals surface area contributed by atoms with Crippen molar-refractivity contribution in [2.75, 3.05) is 24.8 Å². The van der Waals surface area contributed by atoms with Gasteiger partial charge in [0.15, 0.2) is 17.3 Å². The van der Waals surface area contributed by atoms with Gasteiger partial charge in [0.1, 0.15) is 21.2 Å². The van der Waals surface area contributed by atoms with E-state index in [1.165, 1.54) is 9.42 Å². The van der Waals surface area contributed by atoms with E-state index in [1.807, 2.05) is 13.8 Å². The van der Waals surface area contributed by atoms with Gasteiger partial charge < -0.3 is 10.6 Å². The smallest absolute Gasteiger partial charge is 0.223 e. The minimum Gasteiger partial charge on any atom is -0.368 e. The van der Waals surface area contributed by atoms with Crippen LogP contribution in [-0.2, 0) is 14.6 Å². The first-order valence-corrected chi connectivity index (χ1v) is 12.2. The number of carbonyl (C=O) groups excluding carboxylic acids is 1. The van der Waals surface area contributed by atoms with Gasteiger partial charge in [-0.2, -0.15) is 4.52 Å². The second-order valence-corrected chi connectivity index (χ2v) is 10.4. The molecule has 9 nitrogen and oxygen atoms in total. The Morgan fingerprint density at radius 3 is 2.56 bits per heavy atom. The number of amides is 1. The molecular formula is C20H26F2N6O3S. The molecule has 0 aliphatic carbocycles. The van der Waals surface area contributed by atoms with E-state index < -0.39 is 21.5 Å². The van der Waals surface area contributed by atoms with E-state index in [4.69, 9.17) is 5.73 Å². The molecule has 0 aliphatic heterocycles. The van der Waals surface area contributed by atoms with Gasteiger partial charge in [0.05, 0.1) is 11.1 Å². The van der Waals surface area contributed by atoms with Gasteiger partial charge in [-0.15, -0.1) is 5.10 Å². The van der Waals surface area contributed by atoms with E-state index in [2.05, 4.69) is 15.1 Å². The van der Waals surface area contributed by atoms with Crippen LogP contribution in [0.3, 0.4) is 0 Å². The van der Waals surface area contributed by atoms with Crippen molar-refractivity contribution in [3.8, 4) is 0 Å². The minimum absolute atomic E-state index is 0.0598. The van der Waals surface area contributed by atoms with Crippen molar-refractivity contribution in [3.63, 3.8) is 0 Å². The normalized spacial score (nSPS) is 14.1. The fourth-order valence-corrected chi connectivity index (χ4v) is 3.94. The van der Waals surface area contributed by atoms with Crippen LogP contribution in [0.1, 0.15) is 44.9 Å². The van der Waals surface area contributed by atoms with Crippen molar-refractivity contribution in [3.05, 3.63) is 29.6 Å². The van der Waals surface area contributed by atoms with Crippen molar-refractivity contribution >= 4 is 38.2 Å². The largest absolute Gasteiger partial charge is 0.368 e. The number of benzene rings is 1. The topological polar surface area (TPSA) is 124 Å². The average molecular weight is 469 g/mol. The molecule has 1 amide bonds. The van der Waals surface area contributed by atoms with E-state index in [0.717, 1.165) is 18.4 Å². The van der Waals surface area contributed by atoms with Crippen molar-refractivity contribution in [2.45, 2.75) is 45.1 Å². The molecule has 0 spiro atoms. The second-order valence-electron chi connectivity index (χ2n) is 8.17. The van der Waals surface area contributed by atoms with Crippen LogP contribution in [0.25, 0.3) is 16.6 Å². The van der Waals surface area contributed by atoms with Crippen molar-refractivity contribution < 1.29 is 22.0 Å². The van der Waals surface area contributed by atoms with E-state index in [0.29, 0.717) is 18.7 Å². The van der Waals surface area contributed by atoms with Crippen LogP contribution in [0.2, 0.25) is 0 Å². The highest BCUT2D eigenvalue weighted by atomic mass is 32.2. The maximum Gasteiger partial charge on any atom is 0.223 e. The second kappa shape index (κ2) is 8.93. The number of fused-ring (bicyclic) bond motifs is 3. The van der Waals surface area contributed by atoms with Gasteiger partial charge in [-0.25, -0.2) is 27.2 Å². The standard InChI is InChI=1S/C20H26F2N6O3S/c1-11(5-6-12(2)27(3)16(29)7-8-32(4,30)31)18-25-19-14-9-13(21)10-15(22)17(14)24-20(23)28(19)26-18/h9-12H,5-8H2,1-4H3,(H2,23,24)/t11-,12-/m0/s1. The van der Waals surface area contributed by atoms with Crippen molar-refractivity contribution in [1.82, 2.24) is 24.5 Å². The van der Waals surface area contributed by atoms with Crippen molar-refractivity contribution in [2.24, 2.45) is 0 Å². The van der Waals surface area contributed by atoms with E-state index in [-0.39, 0.29) is 52.5 Å². The Morgan fingerprint density at radius 1 is 1.22 bits per heavy atom. The van der Waals surface area contributed by atoms with Crippen molar-refractivity contribution in [1.29, 1.82) is 0 Å². The first-order valence-electron chi connectivity index (χ1n) is 10.1. The summed E-state index contributed by atoms with van der Waals surface area (Å²) in [6.45, 7) is 3.78. The van der Waals surface area contributed by atoms with Crippen LogP contribution in [0.15, 0.2) is 12.1 Å². The Morgan fingerprint density at radius 2 is 1.91 bits per heavy atom. The van der Waals surface area contributed by atoms with Crippen LogP contribution >= 0.6 is 0 Å². The molecule has 174 valence electrons. The Kier molecular flexibility index (Phi) is 6.63. The highest BCUT2D eigenvalue weighted by Crippen LogP contribution is 2.26. The molecule has 2 aromatic heterocycles. The van der Waals surface area contributed by atoms with Gasteiger partial charge in [0.25, 0.3) is 0 Å². The lowest BCUT2D eigenvalue weighted by molar-refractivity contribution is -0.131. The maximum absolute atomic E-state index is 14.1. The molecule has 3 aromatic rings. The molecule has 2 N–H and O–H groups in total. The number of halogens is 2. The molecule has 32 heavy (non-hydrogen) atoms. The molecular weight excluding hydrogens is 442 g/mol. The minimum atomic E-state index is -3.21. The van der Waals surface area contributed by atoms with Gasteiger partial charge >= 0.3 is 0 Å². The molecule has 0 aliphatic rings. The van der Waals surface area contributed by atoms with Gasteiger partial charge in [0, 0.05) is 37.8 Å². The lowest BCUT2D eigenvalue weighted by Gasteiger charge is -2.25. The van der Waals surface area contributed by atoms with Gasteiger partial charge in [-0.1, -0.05) is 6.92 Å². The molecule has 2 atom stereocenters. The van der Waals surface area contributed by atoms with Crippen LogP contribution in [0.5, 0.6) is 0 Å². The highest BCUT2D eigenvalue weighted by Gasteiger charge is 2.21. The summed E-state index contributed by atoms with van der Waals surface area (Å²) in [5.74, 6) is -1.76. The van der Waals surface area contributed by atoms with Crippen LogP contribution < -0.4 is 5.73 Å². The summed E-state index contributed by atoms with van der Waals surface area (Å²) in [4.78, 5) is 22.2. The predicted molar refractivity (Wildman–Crippen MR) is 117 cm³/mol. The number of sulfone groups is 1. The highest BCUT2D eigenvalue weighted by molar-refractivity contribution is 7.90. The third kappa shape index (κ3) is 5.12. The van der Waals surface area contributed by atoms with Crippen LogP contribution in [0.4, 0.5) is 14.7 Å². The zero-order chi connectivity index (χ0) is 23.8. The third-order valence-corrected chi connectivity index (χ3v) is 6.48. The lowest BCUT2D eigenvalue weighted by Crippen LogP contribution is -2.36. The Bertz CT molecular complexity index is 1280. The molecule has 3 rings (SSSR count). The zero-order valence-corrected chi connectivity index (χ0v) is 19.2. The molecule has 0 saturated carbocycles. The maximum atomic E-state index is 14.1. The van der Waals surface area contributed by atoms with E-state index in [9.17, 15) is 22.0 Å². The molecule has 0 saturated heterocycles. The SMILES string of the molecule is C[C@@H](CC[C@H](C)N(C)C(=O)CCS(C)(=O)=O)c1nc2c3cc(F)cc(F)c3nc(N)n2n1. The fourth-order valence-electron chi connectivity index (χ4n) is 3.39. The first-order chi connectivity index (χ1) is 14.9. The quantitative estimate of drug-likeness (QED) is 0.538. The number of hydrogen-bond donors (Lipinski definition) is 1. The number of nitrogens with zero attached hydrogens (tertiary/aromatic N) is 5. The van der Waals surface area contributed by atoms with Gasteiger partial charge in [0.2, 0.25) is 11.9 Å². The number of rotatable bonds is 8.